The van der Waals surface area contributed by atoms with Crippen LogP contribution < -0.4 is 5.73 Å². The summed E-state index contributed by atoms with van der Waals surface area (Å²) in [5.74, 6) is -1.56. The van der Waals surface area contributed by atoms with Gasteiger partial charge in [-0.1, -0.05) is 0 Å². The number of nitrogen functional groups attached to an aromatic ring is 1. The molecule has 0 spiro atoms. The lowest BCUT2D eigenvalue weighted by molar-refractivity contribution is -0.131. The molecule has 0 bridgehead atoms. The zero-order valence-corrected chi connectivity index (χ0v) is 8.58. The highest BCUT2D eigenvalue weighted by Crippen LogP contribution is 2.23. The first-order chi connectivity index (χ1) is 6.50. The van der Waals surface area contributed by atoms with E-state index < -0.39 is 11.8 Å². The maximum atomic E-state index is 12.9. The van der Waals surface area contributed by atoms with E-state index in [2.05, 4.69) is 15.9 Å². The highest BCUT2D eigenvalue weighted by Gasteiger charge is 2.03. The topological polar surface area (TPSA) is 63.3 Å². The van der Waals surface area contributed by atoms with Gasteiger partial charge in [0.1, 0.15) is 5.82 Å². The van der Waals surface area contributed by atoms with E-state index in [1.807, 2.05) is 0 Å². The molecule has 1 aromatic carbocycles. The van der Waals surface area contributed by atoms with Gasteiger partial charge in [0.15, 0.2) is 0 Å². The number of halogens is 2. The Morgan fingerprint density at radius 3 is 2.79 bits per heavy atom. The van der Waals surface area contributed by atoms with E-state index in [1.54, 1.807) is 0 Å². The average Bonchev–Trinajstić information content (AvgIpc) is 2.09. The Balaban J connectivity index is 3.10. The summed E-state index contributed by atoms with van der Waals surface area (Å²) < 4.78 is 13.1. The molecule has 0 atom stereocenters. The lowest BCUT2D eigenvalue weighted by Gasteiger charge is -2.01. The molecule has 3 nitrogen and oxygen atoms in total. The molecule has 0 aromatic heterocycles. The minimum Gasteiger partial charge on any atom is -0.478 e. The number of anilines is 1. The zero-order chi connectivity index (χ0) is 10.7. The largest absolute Gasteiger partial charge is 0.478 e. The number of aliphatic carboxylic acids is 1. The van der Waals surface area contributed by atoms with Crippen LogP contribution in [0.15, 0.2) is 22.7 Å². The van der Waals surface area contributed by atoms with Gasteiger partial charge in [-0.05, 0) is 39.7 Å². The zero-order valence-electron chi connectivity index (χ0n) is 7.00. The van der Waals surface area contributed by atoms with E-state index in [-0.39, 0.29) is 10.2 Å². The average molecular weight is 260 g/mol. The summed E-state index contributed by atoms with van der Waals surface area (Å²) in [7, 11) is 0. The van der Waals surface area contributed by atoms with Crippen molar-refractivity contribution in [2.24, 2.45) is 0 Å². The highest BCUT2D eigenvalue weighted by atomic mass is 79.9. The van der Waals surface area contributed by atoms with E-state index in [1.165, 1.54) is 12.1 Å². The number of carboxylic acid groups (broad SMARTS) is 1. The maximum absolute atomic E-state index is 12.9. The first kappa shape index (κ1) is 10.7. The van der Waals surface area contributed by atoms with Gasteiger partial charge >= 0.3 is 5.97 Å². The van der Waals surface area contributed by atoms with Crippen LogP contribution in [0, 0.1) is 5.82 Å². The van der Waals surface area contributed by atoms with Crippen molar-refractivity contribution in [2.75, 3.05) is 5.73 Å². The first-order valence-corrected chi connectivity index (χ1v) is 4.45. The minimum atomic E-state index is -1.08. The van der Waals surface area contributed by atoms with Crippen molar-refractivity contribution in [3.8, 4) is 0 Å². The fourth-order valence-electron chi connectivity index (χ4n) is 0.883. The van der Waals surface area contributed by atoms with Crippen molar-refractivity contribution in [2.45, 2.75) is 0 Å². The normalized spacial score (nSPS) is 10.7. The molecule has 1 aromatic rings. The summed E-state index contributed by atoms with van der Waals surface area (Å²) in [6.07, 6.45) is 2.25. The Hall–Kier alpha value is -1.36. The maximum Gasteiger partial charge on any atom is 0.328 e. The summed E-state index contributed by atoms with van der Waals surface area (Å²) in [5, 5.41) is 8.38. The Morgan fingerprint density at radius 2 is 2.21 bits per heavy atom. The number of hydrogen-bond acceptors (Lipinski definition) is 2. The molecule has 0 saturated heterocycles. The van der Waals surface area contributed by atoms with Gasteiger partial charge in [-0.2, -0.15) is 0 Å². The molecule has 0 amide bonds. The molecule has 0 aliphatic carbocycles. The summed E-state index contributed by atoms with van der Waals surface area (Å²) in [6.45, 7) is 0. The van der Waals surface area contributed by atoms with Gasteiger partial charge in [0.25, 0.3) is 0 Å². The monoisotopic (exact) mass is 259 g/mol. The lowest BCUT2D eigenvalue weighted by atomic mass is 10.1. The van der Waals surface area contributed by atoms with E-state index in [0.717, 1.165) is 12.1 Å². The summed E-state index contributed by atoms with van der Waals surface area (Å²) in [5.41, 5.74) is 6.13. The molecular weight excluding hydrogens is 253 g/mol. The second kappa shape index (κ2) is 4.23. The van der Waals surface area contributed by atoms with Gasteiger partial charge in [-0.15, -0.1) is 0 Å². The van der Waals surface area contributed by atoms with Gasteiger partial charge < -0.3 is 10.8 Å². The van der Waals surface area contributed by atoms with Gasteiger partial charge in [-0.25, -0.2) is 9.18 Å². The fraction of sp³-hybridized carbons (Fsp3) is 0. The first-order valence-electron chi connectivity index (χ1n) is 3.66. The smallest absolute Gasteiger partial charge is 0.328 e. The summed E-state index contributed by atoms with van der Waals surface area (Å²) in [4.78, 5) is 10.2. The van der Waals surface area contributed by atoms with Crippen molar-refractivity contribution in [1.82, 2.24) is 0 Å². The minimum absolute atomic E-state index is 0.197. The van der Waals surface area contributed by atoms with Crippen LogP contribution in [0.25, 0.3) is 6.08 Å². The third-order valence-corrected chi connectivity index (χ3v) is 2.14. The molecule has 0 aliphatic heterocycles. The molecule has 0 unspecified atom stereocenters. The van der Waals surface area contributed by atoms with Gasteiger partial charge in [0.2, 0.25) is 0 Å². The second-order valence-electron chi connectivity index (χ2n) is 2.57. The lowest BCUT2D eigenvalue weighted by Crippen LogP contribution is -1.93. The highest BCUT2D eigenvalue weighted by molar-refractivity contribution is 9.10. The quantitative estimate of drug-likeness (QED) is 0.633. The molecule has 5 heteroatoms. The number of hydrogen-bond donors (Lipinski definition) is 2. The van der Waals surface area contributed by atoms with E-state index in [9.17, 15) is 9.18 Å². The number of nitrogens with two attached hydrogens (primary N) is 1. The van der Waals surface area contributed by atoms with Crippen LogP contribution in [0.1, 0.15) is 5.56 Å². The molecular formula is C9H7BrFNO2. The Morgan fingerprint density at radius 1 is 1.57 bits per heavy atom. The molecule has 0 heterocycles. The van der Waals surface area contributed by atoms with Crippen molar-refractivity contribution in [3.05, 3.63) is 34.1 Å². The van der Waals surface area contributed by atoms with E-state index in [4.69, 9.17) is 10.8 Å². The molecule has 3 N–H and O–H groups in total. The SMILES string of the molecule is Nc1cc(F)c(Br)cc1/C=C/C(=O)O. The van der Waals surface area contributed by atoms with Crippen LogP contribution in [0.3, 0.4) is 0 Å². The molecule has 1 rings (SSSR count). The van der Waals surface area contributed by atoms with Gasteiger partial charge in [-0.3, -0.25) is 0 Å². The number of benzene rings is 1. The van der Waals surface area contributed by atoms with Crippen molar-refractivity contribution >= 4 is 33.7 Å². The predicted molar refractivity (Wildman–Crippen MR) is 55.2 cm³/mol. The molecule has 0 aliphatic rings. The Labute approximate surface area is 88.2 Å². The predicted octanol–water partition coefficient (Wildman–Crippen LogP) is 2.27. The number of rotatable bonds is 2. The van der Waals surface area contributed by atoms with Crippen LogP contribution in [0.2, 0.25) is 0 Å². The van der Waals surface area contributed by atoms with Gasteiger partial charge in [0.05, 0.1) is 4.47 Å². The molecule has 0 radical (unpaired) electrons. The molecule has 0 saturated carbocycles. The van der Waals surface area contributed by atoms with E-state index >= 15 is 0 Å². The summed E-state index contributed by atoms with van der Waals surface area (Å²) in [6, 6.07) is 2.55. The Kier molecular flexibility index (Phi) is 3.24. The third-order valence-electron chi connectivity index (χ3n) is 1.53. The van der Waals surface area contributed by atoms with Crippen LogP contribution >= 0.6 is 15.9 Å². The molecule has 0 fully saturated rings. The van der Waals surface area contributed by atoms with Crippen LogP contribution in [0.4, 0.5) is 10.1 Å². The van der Waals surface area contributed by atoms with Gasteiger partial charge in [0, 0.05) is 11.8 Å². The van der Waals surface area contributed by atoms with E-state index in [0.29, 0.717) is 5.56 Å². The standard InChI is InChI=1S/C9H7BrFNO2/c10-6-3-5(1-2-9(13)14)8(12)4-7(6)11/h1-4H,12H2,(H,13,14)/b2-1+. The molecule has 74 valence electrons. The van der Waals surface area contributed by atoms with Crippen LogP contribution in [0.5, 0.6) is 0 Å². The summed E-state index contributed by atoms with van der Waals surface area (Å²) >= 11 is 2.98. The van der Waals surface area contributed by atoms with Crippen molar-refractivity contribution in [1.29, 1.82) is 0 Å². The number of carboxylic acids is 1. The fourth-order valence-corrected chi connectivity index (χ4v) is 1.24. The number of carbonyl (C=O) groups is 1. The van der Waals surface area contributed by atoms with Crippen LogP contribution in [-0.2, 0) is 4.79 Å². The molecule has 14 heavy (non-hydrogen) atoms. The Bertz CT molecular complexity index is 404. The van der Waals surface area contributed by atoms with Crippen molar-refractivity contribution in [3.63, 3.8) is 0 Å². The third kappa shape index (κ3) is 2.56. The van der Waals surface area contributed by atoms with Crippen molar-refractivity contribution < 1.29 is 14.3 Å². The second-order valence-corrected chi connectivity index (χ2v) is 3.42. The van der Waals surface area contributed by atoms with Crippen LogP contribution in [-0.4, -0.2) is 11.1 Å².